The zero-order chi connectivity index (χ0) is 15.1. The molecular weight excluding hydrogens is 262 g/mol. The van der Waals surface area contributed by atoms with Crippen LogP contribution in [0.3, 0.4) is 0 Å². The zero-order valence-electron chi connectivity index (χ0n) is 13.0. The van der Waals surface area contributed by atoms with Crippen molar-refractivity contribution in [1.82, 2.24) is 4.90 Å². The van der Waals surface area contributed by atoms with Crippen molar-refractivity contribution in [1.29, 1.82) is 5.26 Å². The first kappa shape index (κ1) is 15.7. The van der Waals surface area contributed by atoms with Crippen LogP contribution in [-0.4, -0.2) is 36.7 Å². The summed E-state index contributed by atoms with van der Waals surface area (Å²) in [5, 5.41) is 12.2. The quantitative estimate of drug-likeness (QED) is 0.903. The van der Waals surface area contributed by atoms with Gasteiger partial charge in [0.05, 0.1) is 0 Å². The third-order valence-electron chi connectivity index (χ3n) is 4.00. The molecule has 1 fully saturated rings. The lowest BCUT2D eigenvalue weighted by Gasteiger charge is -2.24. The lowest BCUT2D eigenvalue weighted by Crippen LogP contribution is -2.32. The van der Waals surface area contributed by atoms with E-state index in [0.717, 1.165) is 18.0 Å². The van der Waals surface area contributed by atoms with E-state index in [1.165, 1.54) is 25.8 Å². The summed E-state index contributed by atoms with van der Waals surface area (Å²) in [6, 6.07) is 11.0. The normalized spacial score (nSPS) is 19.8. The van der Waals surface area contributed by atoms with Gasteiger partial charge in [-0.25, -0.2) is 0 Å². The lowest BCUT2D eigenvalue weighted by molar-refractivity contribution is 0.230. The van der Waals surface area contributed by atoms with E-state index in [-0.39, 0.29) is 6.61 Å². The molecule has 1 heterocycles. The summed E-state index contributed by atoms with van der Waals surface area (Å²) < 4.78 is 5.35. The van der Waals surface area contributed by atoms with E-state index in [1.807, 2.05) is 24.3 Å². The number of hydrogen-bond donors (Lipinski definition) is 1. The molecule has 0 spiro atoms. The van der Waals surface area contributed by atoms with Gasteiger partial charge in [-0.1, -0.05) is 6.07 Å². The highest BCUT2D eigenvalue weighted by Crippen LogP contribution is 2.21. The van der Waals surface area contributed by atoms with Crippen molar-refractivity contribution in [2.45, 2.75) is 45.2 Å². The fourth-order valence-electron chi connectivity index (χ4n) is 2.81. The van der Waals surface area contributed by atoms with E-state index < -0.39 is 0 Å². The predicted octanol–water partition coefficient (Wildman–Crippen LogP) is 3.26. The minimum absolute atomic E-state index is 0.0935. The third-order valence-corrected chi connectivity index (χ3v) is 4.00. The summed E-state index contributed by atoms with van der Waals surface area (Å²) in [4.78, 5) is 2.55. The Kier molecular flexibility index (Phi) is 5.89. The molecule has 0 bridgehead atoms. The number of nitrogens with zero attached hydrogens (tertiary/aromatic N) is 2. The maximum absolute atomic E-state index is 8.56. The van der Waals surface area contributed by atoms with Gasteiger partial charge in [-0.3, -0.25) is 0 Å². The molecule has 1 aromatic rings. The van der Waals surface area contributed by atoms with Crippen molar-refractivity contribution in [2.24, 2.45) is 0 Å². The number of nitriles is 1. The third kappa shape index (κ3) is 4.95. The smallest absolute Gasteiger partial charge is 0.174 e. The molecule has 114 valence electrons. The van der Waals surface area contributed by atoms with Gasteiger partial charge in [-0.05, 0) is 51.8 Å². The lowest BCUT2D eigenvalue weighted by atomic mass is 10.1. The van der Waals surface area contributed by atoms with E-state index in [1.54, 1.807) is 0 Å². The second-order valence-electron chi connectivity index (χ2n) is 5.88. The van der Waals surface area contributed by atoms with E-state index in [0.29, 0.717) is 12.1 Å². The first-order chi connectivity index (χ1) is 10.2. The Bertz CT molecular complexity index is 481. The molecule has 1 aliphatic heterocycles. The predicted molar refractivity (Wildman–Crippen MR) is 85.5 cm³/mol. The van der Waals surface area contributed by atoms with Crippen molar-refractivity contribution in [2.75, 3.05) is 25.0 Å². The van der Waals surface area contributed by atoms with E-state index in [9.17, 15) is 0 Å². The molecule has 4 nitrogen and oxygen atoms in total. The Morgan fingerprint density at radius 2 is 2.24 bits per heavy atom. The number of benzene rings is 1. The molecule has 0 saturated carbocycles. The largest absolute Gasteiger partial charge is 0.479 e. The van der Waals surface area contributed by atoms with Crippen LogP contribution in [0, 0.1) is 11.3 Å². The fourth-order valence-corrected chi connectivity index (χ4v) is 2.81. The summed E-state index contributed by atoms with van der Waals surface area (Å²) >= 11 is 0. The standard InChI is InChI=1S/C17H25N3O/c1-14(2)20-10-4-6-15(8-11-20)19-16-5-3-7-17(13-16)21-12-9-18/h3,5,7,13-15,19H,4,6,8,10-12H2,1-2H3. The zero-order valence-corrected chi connectivity index (χ0v) is 13.0. The molecule has 0 radical (unpaired) electrons. The highest BCUT2D eigenvalue weighted by Gasteiger charge is 2.18. The summed E-state index contributed by atoms with van der Waals surface area (Å²) in [5.41, 5.74) is 1.08. The van der Waals surface area contributed by atoms with Gasteiger partial charge < -0.3 is 15.0 Å². The van der Waals surface area contributed by atoms with Crippen molar-refractivity contribution in [3.05, 3.63) is 24.3 Å². The molecule has 0 amide bonds. The Balaban J connectivity index is 1.91. The molecule has 0 aliphatic carbocycles. The van der Waals surface area contributed by atoms with Crippen molar-refractivity contribution < 1.29 is 4.74 Å². The SMILES string of the molecule is CC(C)N1CCCC(Nc2cccc(OCC#N)c2)CC1. The van der Waals surface area contributed by atoms with Gasteiger partial charge in [-0.15, -0.1) is 0 Å². The molecule has 1 saturated heterocycles. The van der Waals surface area contributed by atoms with E-state index in [2.05, 4.69) is 30.1 Å². The highest BCUT2D eigenvalue weighted by atomic mass is 16.5. The van der Waals surface area contributed by atoms with Crippen LogP contribution >= 0.6 is 0 Å². The molecule has 1 atom stereocenters. The van der Waals surface area contributed by atoms with Crippen LogP contribution in [0.15, 0.2) is 24.3 Å². The van der Waals surface area contributed by atoms with Gasteiger partial charge in [0.15, 0.2) is 6.61 Å². The van der Waals surface area contributed by atoms with Crippen LogP contribution in [0.4, 0.5) is 5.69 Å². The van der Waals surface area contributed by atoms with Gasteiger partial charge in [0, 0.05) is 30.4 Å². The van der Waals surface area contributed by atoms with Crippen LogP contribution < -0.4 is 10.1 Å². The Morgan fingerprint density at radius 3 is 3.00 bits per heavy atom. The molecule has 21 heavy (non-hydrogen) atoms. The second kappa shape index (κ2) is 7.90. The first-order valence-electron chi connectivity index (χ1n) is 7.79. The molecule has 0 aromatic heterocycles. The molecule has 4 heteroatoms. The van der Waals surface area contributed by atoms with E-state index in [4.69, 9.17) is 10.00 Å². The fraction of sp³-hybridized carbons (Fsp3) is 0.588. The highest BCUT2D eigenvalue weighted by molar-refractivity contribution is 5.48. The van der Waals surface area contributed by atoms with Crippen LogP contribution in [0.25, 0.3) is 0 Å². The maximum atomic E-state index is 8.56. The van der Waals surface area contributed by atoms with Crippen LogP contribution in [0.5, 0.6) is 5.75 Å². The molecule has 1 aromatic carbocycles. The van der Waals surface area contributed by atoms with Gasteiger partial charge in [-0.2, -0.15) is 5.26 Å². The number of ether oxygens (including phenoxy) is 1. The molecule has 1 N–H and O–H groups in total. The monoisotopic (exact) mass is 287 g/mol. The molecule has 1 aliphatic rings. The minimum Gasteiger partial charge on any atom is -0.479 e. The van der Waals surface area contributed by atoms with Gasteiger partial charge in [0.2, 0.25) is 0 Å². The summed E-state index contributed by atoms with van der Waals surface area (Å²) in [7, 11) is 0. The van der Waals surface area contributed by atoms with Crippen molar-refractivity contribution in [3.8, 4) is 11.8 Å². The molecule has 1 unspecified atom stereocenters. The minimum atomic E-state index is 0.0935. The number of anilines is 1. The Morgan fingerprint density at radius 1 is 1.38 bits per heavy atom. The van der Waals surface area contributed by atoms with Gasteiger partial charge in [0.25, 0.3) is 0 Å². The van der Waals surface area contributed by atoms with Crippen LogP contribution in [0.2, 0.25) is 0 Å². The number of hydrogen-bond acceptors (Lipinski definition) is 4. The second-order valence-corrected chi connectivity index (χ2v) is 5.88. The summed E-state index contributed by atoms with van der Waals surface area (Å²) in [6.45, 7) is 6.98. The van der Waals surface area contributed by atoms with Crippen molar-refractivity contribution >= 4 is 5.69 Å². The average molecular weight is 287 g/mol. The van der Waals surface area contributed by atoms with Gasteiger partial charge >= 0.3 is 0 Å². The Hall–Kier alpha value is -1.73. The Labute approximate surface area is 127 Å². The summed E-state index contributed by atoms with van der Waals surface area (Å²) in [6.07, 6.45) is 3.61. The number of nitrogens with one attached hydrogen (secondary N) is 1. The topological polar surface area (TPSA) is 48.3 Å². The average Bonchev–Trinajstić information content (AvgIpc) is 2.71. The van der Waals surface area contributed by atoms with Crippen molar-refractivity contribution in [3.63, 3.8) is 0 Å². The summed E-state index contributed by atoms with van der Waals surface area (Å²) in [5.74, 6) is 0.749. The van der Waals surface area contributed by atoms with Gasteiger partial charge in [0.1, 0.15) is 11.8 Å². The molecular formula is C17H25N3O. The van der Waals surface area contributed by atoms with Crippen LogP contribution in [-0.2, 0) is 0 Å². The first-order valence-corrected chi connectivity index (χ1v) is 7.79. The van der Waals surface area contributed by atoms with E-state index >= 15 is 0 Å². The number of rotatable bonds is 5. The van der Waals surface area contributed by atoms with Crippen LogP contribution in [0.1, 0.15) is 33.1 Å². The number of likely N-dealkylation sites (tertiary alicyclic amines) is 1. The molecule has 2 rings (SSSR count). The maximum Gasteiger partial charge on any atom is 0.174 e.